The molecule has 0 fully saturated rings. The first-order chi connectivity index (χ1) is 6.88. The lowest BCUT2D eigenvalue weighted by molar-refractivity contribution is -0.115. The summed E-state index contributed by atoms with van der Waals surface area (Å²) in [5, 5.41) is 2.17. The lowest BCUT2D eigenvalue weighted by Gasteiger charge is -2.10. The number of hydrogen-bond donors (Lipinski definition) is 2. The summed E-state index contributed by atoms with van der Waals surface area (Å²) in [5.74, 6) is 0.191. The number of rotatable bonds is 3. The smallest absolute Gasteiger partial charge is 0.361 e. The van der Waals surface area contributed by atoms with E-state index in [1.54, 1.807) is 13.0 Å². The first kappa shape index (κ1) is 15.0. The zero-order valence-electron chi connectivity index (χ0n) is 8.58. The summed E-state index contributed by atoms with van der Waals surface area (Å²) in [7, 11) is 0. The molecule has 0 aliphatic heterocycles. The number of halogens is 4. The summed E-state index contributed by atoms with van der Waals surface area (Å²) in [5.41, 5.74) is 6.35. The Hall–Kier alpha value is -1.01. The predicted molar refractivity (Wildman–Crippen MR) is 58.6 cm³/mol. The highest BCUT2D eigenvalue weighted by atomic mass is 35.5. The molecule has 0 aromatic carbocycles. The Morgan fingerprint density at radius 1 is 1.44 bits per heavy atom. The van der Waals surface area contributed by atoms with Gasteiger partial charge in [-0.25, -0.2) is 4.98 Å². The van der Waals surface area contributed by atoms with Crippen LogP contribution in [0.1, 0.15) is 18.5 Å². The molecule has 0 amide bonds. The van der Waals surface area contributed by atoms with Gasteiger partial charge in [0.2, 0.25) is 0 Å². The van der Waals surface area contributed by atoms with Crippen LogP contribution in [-0.2, 0) is 0 Å². The Labute approximate surface area is 97.7 Å². The van der Waals surface area contributed by atoms with E-state index in [9.17, 15) is 13.2 Å². The van der Waals surface area contributed by atoms with Gasteiger partial charge in [-0.3, -0.25) is 0 Å². The van der Waals surface area contributed by atoms with E-state index in [-0.39, 0.29) is 24.3 Å². The first-order valence-electron chi connectivity index (χ1n) is 4.40. The van der Waals surface area contributed by atoms with Crippen LogP contribution in [0.4, 0.5) is 19.0 Å². The van der Waals surface area contributed by atoms with Crippen molar-refractivity contribution in [2.75, 3.05) is 11.9 Å². The van der Waals surface area contributed by atoms with Gasteiger partial charge in [0.15, 0.2) is 0 Å². The Morgan fingerprint density at radius 2 is 2.06 bits per heavy atom. The lowest BCUT2D eigenvalue weighted by Crippen LogP contribution is -2.21. The number of pyridine rings is 1. The van der Waals surface area contributed by atoms with E-state index >= 15 is 0 Å². The first-order valence-corrected chi connectivity index (χ1v) is 4.40. The summed E-state index contributed by atoms with van der Waals surface area (Å²) < 4.78 is 35.5. The van der Waals surface area contributed by atoms with Gasteiger partial charge in [-0.05, 0) is 18.6 Å². The molecule has 0 aliphatic carbocycles. The molecule has 0 radical (unpaired) electrons. The summed E-state index contributed by atoms with van der Waals surface area (Å²) in [4.78, 5) is 3.81. The Bertz CT molecular complexity index is 311. The largest absolute Gasteiger partial charge is 0.405 e. The highest BCUT2D eigenvalue weighted by molar-refractivity contribution is 5.85. The molecule has 1 aromatic rings. The summed E-state index contributed by atoms with van der Waals surface area (Å²) in [6.07, 6.45) is -2.77. The fourth-order valence-electron chi connectivity index (χ4n) is 0.970. The van der Waals surface area contributed by atoms with Gasteiger partial charge in [0, 0.05) is 12.2 Å². The third kappa shape index (κ3) is 5.18. The highest BCUT2D eigenvalue weighted by Gasteiger charge is 2.26. The number of hydrogen-bond acceptors (Lipinski definition) is 3. The molecular weight excluding hydrogens is 243 g/mol. The van der Waals surface area contributed by atoms with E-state index in [2.05, 4.69) is 10.3 Å². The van der Waals surface area contributed by atoms with Crippen LogP contribution in [0.15, 0.2) is 18.3 Å². The highest BCUT2D eigenvalue weighted by Crippen LogP contribution is 2.16. The molecule has 92 valence electrons. The molecule has 3 N–H and O–H groups in total. The molecule has 3 nitrogen and oxygen atoms in total. The average Bonchev–Trinajstić information content (AvgIpc) is 2.14. The summed E-state index contributed by atoms with van der Waals surface area (Å²) >= 11 is 0. The minimum atomic E-state index is -4.23. The average molecular weight is 256 g/mol. The quantitative estimate of drug-likeness (QED) is 0.873. The second kappa shape index (κ2) is 5.91. The fraction of sp³-hybridized carbons (Fsp3) is 0.444. The number of nitrogens with one attached hydrogen (secondary N) is 1. The van der Waals surface area contributed by atoms with Crippen molar-refractivity contribution in [1.82, 2.24) is 4.98 Å². The monoisotopic (exact) mass is 255 g/mol. The molecule has 16 heavy (non-hydrogen) atoms. The van der Waals surface area contributed by atoms with Crippen LogP contribution in [0.3, 0.4) is 0 Å². The van der Waals surface area contributed by atoms with Gasteiger partial charge < -0.3 is 11.1 Å². The zero-order chi connectivity index (χ0) is 11.5. The van der Waals surface area contributed by atoms with Crippen molar-refractivity contribution < 1.29 is 13.2 Å². The molecule has 0 spiro atoms. The number of nitrogens with two attached hydrogens (primary N) is 1. The van der Waals surface area contributed by atoms with Crippen molar-refractivity contribution >= 4 is 18.2 Å². The number of aromatic nitrogens is 1. The molecule has 0 bridgehead atoms. The van der Waals surface area contributed by atoms with Gasteiger partial charge in [-0.15, -0.1) is 12.4 Å². The second-order valence-corrected chi connectivity index (χ2v) is 3.23. The maximum absolute atomic E-state index is 11.8. The third-order valence-corrected chi connectivity index (χ3v) is 1.78. The van der Waals surface area contributed by atoms with E-state index in [1.165, 1.54) is 12.3 Å². The van der Waals surface area contributed by atoms with Gasteiger partial charge in [-0.2, -0.15) is 13.2 Å². The SMILES string of the molecule is CC(N)c1ccc(NCC(F)(F)F)nc1.Cl. The normalized spacial score (nSPS) is 12.8. The van der Waals surface area contributed by atoms with E-state index < -0.39 is 12.7 Å². The van der Waals surface area contributed by atoms with Crippen molar-refractivity contribution in [2.45, 2.75) is 19.1 Å². The van der Waals surface area contributed by atoms with Crippen molar-refractivity contribution in [2.24, 2.45) is 5.73 Å². The number of anilines is 1. The molecule has 1 aromatic heterocycles. The Morgan fingerprint density at radius 3 is 2.44 bits per heavy atom. The molecule has 1 rings (SSSR count). The Kier molecular flexibility index (Phi) is 5.53. The lowest BCUT2D eigenvalue weighted by atomic mass is 10.2. The maximum atomic E-state index is 11.8. The van der Waals surface area contributed by atoms with Gasteiger partial charge in [0.05, 0.1) is 0 Å². The number of alkyl halides is 3. The van der Waals surface area contributed by atoms with Crippen LogP contribution in [-0.4, -0.2) is 17.7 Å². The maximum Gasteiger partial charge on any atom is 0.405 e. The molecule has 7 heteroatoms. The minimum Gasteiger partial charge on any atom is -0.361 e. The van der Waals surface area contributed by atoms with Crippen molar-refractivity contribution in [1.29, 1.82) is 0 Å². The van der Waals surface area contributed by atoms with Crippen molar-refractivity contribution in [3.63, 3.8) is 0 Å². The molecule has 0 aliphatic rings. The van der Waals surface area contributed by atoms with Gasteiger partial charge in [0.1, 0.15) is 12.4 Å². The fourth-order valence-corrected chi connectivity index (χ4v) is 0.970. The molecule has 1 heterocycles. The molecule has 1 unspecified atom stereocenters. The molecule has 0 saturated heterocycles. The van der Waals surface area contributed by atoms with E-state index in [1.807, 2.05) is 0 Å². The van der Waals surface area contributed by atoms with Crippen LogP contribution in [0.5, 0.6) is 0 Å². The molecule has 0 saturated carbocycles. The molecular formula is C9H13ClF3N3. The van der Waals surface area contributed by atoms with Crippen LogP contribution < -0.4 is 11.1 Å². The van der Waals surface area contributed by atoms with Crippen LogP contribution >= 0.6 is 12.4 Å². The standard InChI is InChI=1S/C9H12F3N3.ClH/c1-6(13)7-2-3-8(14-4-7)15-5-9(10,11)12;/h2-4,6H,5,13H2,1H3,(H,14,15);1H. The van der Waals surface area contributed by atoms with Gasteiger partial charge in [0.25, 0.3) is 0 Å². The van der Waals surface area contributed by atoms with Crippen LogP contribution in [0.25, 0.3) is 0 Å². The van der Waals surface area contributed by atoms with Crippen molar-refractivity contribution in [3.05, 3.63) is 23.9 Å². The summed E-state index contributed by atoms with van der Waals surface area (Å²) in [6, 6.07) is 2.95. The Balaban J connectivity index is 0.00000225. The minimum absolute atomic E-state index is 0. The number of nitrogens with zero attached hydrogens (tertiary/aromatic N) is 1. The van der Waals surface area contributed by atoms with Crippen molar-refractivity contribution in [3.8, 4) is 0 Å². The van der Waals surface area contributed by atoms with Crippen LogP contribution in [0, 0.1) is 0 Å². The van der Waals surface area contributed by atoms with Gasteiger partial charge in [-0.1, -0.05) is 6.07 Å². The van der Waals surface area contributed by atoms with Gasteiger partial charge >= 0.3 is 6.18 Å². The van der Waals surface area contributed by atoms with E-state index in [0.717, 1.165) is 5.56 Å². The van der Waals surface area contributed by atoms with E-state index in [4.69, 9.17) is 5.73 Å². The predicted octanol–water partition coefficient (Wildman–Crippen LogP) is 2.50. The third-order valence-electron chi connectivity index (χ3n) is 1.78. The van der Waals surface area contributed by atoms with Crippen LogP contribution in [0.2, 0.25) is 0 Å². The second-order valence-electron chi connectivity index (χ2n) is 3.23. The summed E-state index contributed by atoms with van der Waals surface area (Å²) in [6.45, 7) is 0.692. The zero-order valence-corrected chi connectivity index (χ0v) is 9.40. The van der Waals surface area contributed by atoms with E-state index in [0.29, 0.717) is 0 Å². The topological polar surface area (TPSA) is 50.9 Å². The molecule has 1 atom stereocenters.